The molecule has 1 aromatic carbocycles. The number of halogens is 1. The summed E-state index contributed by atoms with van der Waals surface area (Å²) in [5.41, 5.74) is 0.0630. The Bertz CT molecular complexity index is 347. The predicted molar refractivity (Wildman–Crippen MR) is 54.2 cm³/mol. The number of benzene rings is 1. The average Bonchev–Trinajstić information content (AvgIpc) is 2.07. The third kappa shape index (κ3) is 2.73. The van der Waals surface area contributed by atoms with Gasteiger partial charge in [0.05, 0.1) is 12.1 Å². The van der Waals surface area contributed by atoms with E-state index < -0.39 is 5.97 Å². The van der Waals surface area contributed by atoms with Crippen LogP contribution in [0.3, 0.4) is 0 Å². The molecule has 14 heavy (non-hydrogen) atoms. The minimum absolute atomic E-state index is 0.0609. The summed E-state index contributed by atoms with van der Waals surface area (Å²) in [6, 6.07) is 4.80. The molecule has 0 aliphatic heterocycles. The Morgan fingerprint density at radius 3 is 2.64 bits per heavy atom. The summed E-state index contributed by atoms with van der Waals surface area (Å²) in [5, 5.41) is 10.7. The zero-order chi connectivity index (χ0) is 10.7. The molecule has 76 valence electrons. The second kappa shape index (κ2) is 4.46. The highest BCUT2D eigenvalue weighted by atomic mass is 79.9. The Labute approximate surface area is 90.8 Å². The monoisotopic (exact) mass is 257 g/mol. The summed E-state index contributed by atoms with van der Waals surface area (Å²) in [5.74, 6) is -0.898. The molecule has 0 N–H and O–H groups in total. The maximum Gasteiger partial charge on any atom is 0.128 e. The number of carbonyl (C=O) groups excluding carboxylic acids is 1. The summed E-state index contributed by atoms with van der Waals surface area (Å²) < 4.78 is 6.01. The second-order valence-corrected chi connectivity index (χ2v) is 4.01. The van der Waals surface area contributed by atoms with Crippen LogP contribution in [0.25, 0.3) is 0 Å². The van der Waals surface area contributed by atoms with E-state index in [1.165, 1.54) is 6.07 Å². The van der Waals surface area contributed by atoms with Gasteiger partial charge in [-0.2, -0.15) is 0 Å². The number of rotatable bonds is 3. The van der Waals surface area contributed by atoms with Crippen molar-refractivity contribution in [1.82, 2.24) is 0 Å². The molecule has 3 nitrogen and oxygen atoms in total. The largest absolute Gasteiger partial charge is 0.545 e. The summed E-state index contributed by atoms with van der Waals surface area (Å²) >= 11 is 3.18. The van der Waals surface area contributed by atoms with E-state index in [0.29, 0.717) is 10.2 Å². The minimum Gasteiger partial charge on any atom is -0.545 e. The Kier molecular flexibility index (Phi) is 3.52. The summed E-state index contributed by atoms with van der Waals surface area (Å²) in [6.45, 7) is 3.67. The zero-order valence-electron chi connectivity index (χ0n) is 7.91. The fourth-order valence-corrected chi connectivity index (χ4v) is 1.38. The zero-order valence-corrected chi connectivity index (χ0v) is 9.50. The Balaban J connectivity index is 3.08. The molecular formula is C10H10BrO3-. The molecule has 0 amide bonds. The highest BCUT2D eigenvalue weighted by Gasteiger charge is 2.06. The van der Waals surface area contributed by atoms with Crippen LogP contribution in [0.15, 0.2) is 22.7 Å². The molecule has 0 spiro atoms. The molecule has 1 aromatic rings. The summed E-state index contributed by atoms with van der Waals surface area (Å²) in [4.78, 5) is 10.7. The first-order valence-electron chi connectivity index (χ1n) is 4.18. The van der Waals surface area contributed by atoms with Gasteiger partial charge in [-0.15, -0.1) is 0 Å². The number of carboxylic acids is 1. The van der Waals surface area contributed by atoms with E-state index in [9.17, 15) is 9.90 Å². The fourth-order valence-electron chi connectivity index (χ4n) is 1.02. The number of ether oxygens (including phenoxy) is 1. The lowest BCUT2D eigenvalue weighted by Crippen LogP contribution is -2.23. The lowest BCUT2D eigenvalue weighted by Gasteiger charge is -2.14. The summed E-state index contributed by atoms with van der Waals surface area (Å²) in [7, 11) is 0. The molecule has 0 radical (unpaired) electrons. The summed E-state index contributed by atoms with van der Waals surface area (Å²) in [6.07, 6.45) is -0.0609. The van der Waals surface area contributed by atoms with E-state index in [2.05, 4.69) is 15.9 Å². The van der Waals surface area contributed by atoms with Crippen LogP contribution in [0, 0.1) is 0 Å². The maximum absolute atomic E-state index is 10.7. The van der Waals surface area contributed by atoms with Crippen molar-refractivity contribution in [2.75, 3.05) is 0 Å². The molecule has 0 unspecified atom stereocenters. The molecule has 1 rings (SSSR count). The van der Waals surface area contributed by atoms with Crippen molar-refractivity contribution in [3.8, 4) is 5.75 Å². The van der Waals surface area contributed by atoms with Gasteiger partial charge in [-0.1, -0.05) is 15.9 Å². The first kappa shape index (κ1) is 11.0. The van der Waals surface area contributed by atoms with Gasteiger partial charge in [-0.3, -0.25) is 0 Å². The van der Waals surface area contributed by atoms with Gasteiger partial charge in [0.15, 0.2) is 0 Å². The van der Waals surface area contributed by atoms with Crippen molar-refractivity contribution in [3.63, 3.8) is 0 Å². The highest BCUT2D eigenvalue weighted by molar-refractivity contribution is 9.10. The first-order valence-corrected chi connectivity index (χ1v) is 4.97. The van der Waals surface area contributed by atoms with Gasteiger partial charge in [0.2, 0.25) is 0 Å². The Hall–Kier alpha value is -1.03. The maximum atomic E-state index is 10.7. The minimum atomic E-state index is -1.23. The van der Waals surface area contributed by atoms with Crippen molar-refractivity contribution in [3.05, 3.63) is 28.2 Å². The van der Waals surface area contributed by atoms with Crippen molar-refractivity contribution >= 4 is 21.9 Å². The third-order valence-corrected chi connectivity index (χ3v) is 2.02. The molecule has 0 aromatic heterocycles. The number of carbonyl (C=O) groups is 1. The number of hydrogen-bond acceptors (Lipinski definition) is 3. The van der Waals surface area contributed by atoms with E-state index in [0.717, 1.165) is 0 Å². The van der Waals surface area contributed by atoms with E-state index in [1.54, 1.807) is 12.1 Å². The SMILES string of the molecule is CC(C)Oc1ccc(Br)cc1C(=O)[O-]. The fraction of sp³-hybridized carbons (Fsp3) is 0.300. The van der Waals surface area contributed by atoms with Crippen LogP contribution in [-0.4, -0.2) is 12.1 Å². The number of carboxylic acid groups (broad SMARTS) is 1. The number of hydrogen-bond donors (Lipinski definition) is 0. The third-order valence-electron chi connectivity index (χ3n) is 1.52. The molecule has 0 saturated carbocycles. The van der Waals surface area contributed by atoms with Crippen molar-refractivity contribution in [2.24, 2.45) is 0 Å². The molecule has 0 bridgehead atoms. The smallest absolute Gasteiger partial charge is 0.128 e. The quantitative estimate of drug-likeness (QED) is 0.827. The van der Waals surface area contributed by atoms with Crippen LogP contribution in [0.4, 0.5) is 0 Å². The molecule has 0 fully saturated rings. The van der Waals surface area contributed by atoms with Crippen LogP contribution in [-0.2, 0) is 0 Å². The van der Waals surface area contributed by atoms with Gasteiger partial charge in [0.25, 0.3) is 0 Å². The Morgan fingerprint density at radius 1 is 1.50 bits per heavy atom. The second-order valence-electron chi connectivity index (χ2n) is 3.09. The van der Waals surface area contributed by atoms with Crippen LogP contribution in [0.2, 0.25) is 0 Å². The predicted octanol–water partition coefficient (Wildman–Crippen LogP) is 1.60. The van der Waals surface area contributed by atoms with E-state index in [4.69, 9.17) is 4.74 Å². The van der Waals surface area contributed by atoms with Crippen molar-refractivity contribution in [2.45, 2.75) is 20.0 Å². The molecule has 4 heteroatoms. The Morgan fingerprint density at radius 2 is 2.14 bits per heavy atom. The molecular weight excluding hydrogens is 248 g/mol. The topological polar surface area (TPSA) is 49.4 Å². The van der Waals surface area contributed by atoms with Gasteiger partial charge < -0.3 is 14.6 Å². The van der Waals surface area contributed by atoms with E-state index in [1.807, 2.05) is 13.8 Å². The van der Waals surface area contributed by atoms with Crippen LogP contribution < -0.4 is 9.84 Å². The highest BCUT2D eigenvalue weighted by Crippen LogP contribution is 2.23. The molecule has 0 atom stereocenters. The standard InChI is InChI=1S/C10H11BrO3/c1-6(2)14-9-4-3-7(11)5-8(9)10(12)13/h3-6H,1-2H3,(H,12,13)/p-1. The molecule has 0 heterocycles. The van der Waals surface area contributed by atoms with Gasteiger partial charge in [-0.05, 0) is 32.0 Å². The number of aromatic carboxylic acids is 1. The van der Waals surface area contributed by atoms with Gasteiger partial charge in [0.1, 0.15) is 5.75 Å². The lowest BCUT2D eigenvalue weighted by molar-refractivity contribution is -0.255. The van der Waals surface area contributed by atoms with Gasteiger partial charge in [-0.25, -0.2) is 0 Å². The lowest BCUT2D eigenvalue weighted by atomic mass is 10.2. The normalized spacial score (nSPS) is 10.3. The molecule has 0 aliphatic rings. The van der Waals surface area contributed by atoms with Crippen LogP contribution in [0.1, 0.15) is 24.2 Å². The van der Waals surface area contributed by atoms with Gasteiger partial charge in [0, 0.05) is 10.0 Å². The van der Waals surface area contributed by atoms with E-state index >= 15 is 0 Å². The average molecular weight is 258 g/mol. The first-order chi connectivity index (χ1) is 6.50. The molecule has 0 saturated heterocycles. The van der Waals surface area contributed by atoms with Crippen molar-refractivity contribution in [1.29, 1.82) is 0 Å². The van der Waals surface area contributed by atoms with Crippen LogP contribution >= 0.6 is 15.9 Å². The van der Waals surface area contributed by atoms with Crippen LogP contribution in [0.5, 0.6) is 5.75 Å². The van der Waals surface area contributed by atoms with Gasteiger partial charge >= 0.3 is 0 Å². The van der Waals surface area contributed by atoms with Crippen molar-refractivity contribution < 1.29 is 14.6 Å². The van der Waals surface area contributed by atoms with E-state index in [-0.39, 0.29) is 11.7 Å². The molecule has 0 aliphatic carbocycles.